The molecule has 0 bridgehead atoms. The smallest absolute Gasteiger partial charge is 0.300 e. The first-order valence-electron chi connectivity index (χ1n) is 7.04. The minimum atomic E-state index is -4.60. The summed E-state index contributed by atoms with van der Waals surface area (Å²) in [4.78, 5) is 16.3. The number of amidine groups is 1. The second-order valence-corrected chi connectivity index (χ2v) is 6.52. The fourth-order valence-electron chi connectivity index (χ4n) is 2.12. The van der Waals surface area contributed by atoms with E-state index in [4.69, 9.17) is 11.6 Å². The van der Waals surface area contributed by atoms with Crippen molar-refractivity contribution < 1.29 is 18.0 Å². The average molecular weight is 383 g/mol. The summed E-state index contributed by atoms with van der Waals surface area (Å²) in [7, 11) is 0. The summed E-state index contributed by atoms with van der Waals surface area (Å²) in [5.74, 6) is -0.407. The normalized spacial score (nSPS) is 18.0. The standard InChI is InChI=1S/C17H10ClF3N2OS/c18-11-6-7-13(12(9-11)17(19,20)21)22-16-23-15(24)14(25-16)8-10-4-2-1-3-5-10/h1-9H,(H,22,23,24)/b14-8-. The molecule has 0 aliphatic carbocycles. The highest BCUT2D eigenvalue weighted by Gasteiger charge is 2.34. The van der Waals surface area contributed by atoms with E-state index in [0.29, 0.717) is 4.91 Å². The van der Waals surface area contributed by atoms with Crippen LogP contribution in [0.2, 0.25) is 5.02 Å². The number of carbonyl (C=O) groups excluding carboxylic acids is 1. The van der Waals surface area contributed by atoms with Crippen LogP contribution in [-0.4, -0.2) is 11.1 Å². The lowest BCUT2D eigenvalue weighted by Gasteiger charge is -2.10. The molecule has 25 heavy (non-hydrogen) atoms. The second kappa shape index (κ2) is 6.93. The third-order valence-corrected chi connectivity index (χ3v) is 4.38. The quantitative estimate of drug-likeness (QED) is 0.721. The molecule has 1 aliphatic heterocycles. The van der Waals surface area contributed by atoms with Crippen LogP contribution in [0, 0.1) is 0 Å². The third kappa shape index (κ3) is 4.24. The SMILES string of the molecule is O=C1NC(=Nc2ccc(Cl)cc2C(F)(F)F)S/C1=C\c1ccccc1. The predicted molar refractivity (Wildman–Crippen MR) is 93.7 cm³/mol. The summed E-state index contributed by atoms with van der Waals surface area (Å²) in [6, 6.07) is 12.4. The van der Waals surface area contributed by atoms with Crippen LogP contribution >= 0.6 is 23.4 Å². The zero-order valence-electron chi connectivity index (χ0n) is 12.5. The molecule has 128 valence electrons. The molecular weight excluding hydrogens is 373 g/mol. The molecule has 1 heterocycles. The van der Waals surface area contributed by atoms with Gasteiger partial charge in [-0.05, 0) is 41.6 Å². The lowest BCUT2D eigenvalue weighted by atomic mass is 10.2. The van der Waals surface area contributed by atoms with E-state index in [0.717, 1.165) is 23.4 Å². The molecule has 0 radical (unpaired) electrons. The molecule has 1 saturated heterocycles. The Labute approximate surface area is 150 Å². The first-order valence-corrected chi connectivity index (χ1v) is 8.24. The first kappa shape index (κ1) is 17.6. The topological polar surface area (TPSA) is 41.5 Å². The Bertz CT molecular complexity index is 879. The van der Waals surface area contributed by atoms with Gasteiger partial charge >= 0.3 is 6.18 Å². The Morgan fingerprint density at radius 3 is 2.52 bits per heavy atom. The number of thioether (sulfide) groups is 1. The summed E-state index contributed by atoms with van der Waals surface area (Å²) in [6.07, 6.45) is -2.95. The molecule has 0 saturated carbocycles. The Balaban J connectivity index is 1.92. The molecule has 8 heteroatoms. The van der Waals surface area contributed by atoms with Crippen LogP contribution in [0.5, 0.6) is 0 Å². The number of hydrogen-bond acceptors (Lipinski definition) is 3. The fraction of sp³-hybridized carbons (Fsp3) is 0.0588. The number of aliphatic imine (C=N–C) groups is 1. The molecule has 3 rings (SSSR count). The third-order valence-electron chi connectivity index (χ3n) is 3.23. The van der Waals surface area contributed by atoms with E-state index in [2.05, 4.69) is 10.3 Å². The van der Waals surface area contributed by atoms with Crippen LogP contribution in [0.15, 0.2) is 58.4 Å². The molecular formula is C17H10ClF3N2OS. The van der Waals surface area contributed by atoms with E-state index in [-0.39, 0.29) is 15.9 Å². The number of nitrogens with one attached hydrogen (secondary N) is 1. The number of hydrogen-bond donors (Lipinski definition) is 1. The first-order chi connectivity index (χ1) is 11.8. The molecule has 1 fully saturated rings. The van der Waals surface area contributed by atoms with Gasteiger partial charge in [-0.2, -0.15) is 13.2 Å². The van der Waals surface area contributed by atoms with Gasteiger partial charge in [-0.3, -0.25) is 4.79 Å². The highest BCUT2D eigenvalue weighted by molar-refractivity contribution is 8.18. The van der Waals surface area contributed by atoms with Crippen molar-refractivity contribution in [2.45, 2.75) is 6.18 Å². The van der Waals surface area contributed by atoms with Gasteiger partial charge < -0.3 is 5.32 Å². The number of halogens is 4. The van der Waals surface area contributed by atoms with Gasteiger partial charge in [0.1, 0.15) is 0 Å². The highest BCUT2D eigenvalue weighted by atomic mass is 35.5. The summed E-state index contributed by atoms with van der Waals surface area (Å²) in [5.41, 5.74) is -0.452. The van der Waals surface area contributed by atoms with Gasteiger partial charge in [-0.25, -0.2) is 4.99 Å². The molecule has 0 spiro atoms. The molecule has 0 unspecified atom stereocenters. The van der Waals surface area contributed by atoms with Crippen molar-refractivity contribution in [1.29, 1.82) is 0 Å². The van der Waals surface area contributed by atoms with E-state index in [9.17, 15) is 18.0 Å². The summed E-state index contributed by atoms with van der Waals surface area (Å²) in [6.45, 7) is 0. The number of carbonyl (C=O) groups is 1. The molecule has 0 atom stereocenters. The van der Waals surface area contributed by atoms with Gasteiger partial charge in [-0.1, -0.05) is 41.9 Å². The Kier molecular flexibility index (Phi) is 4.87. The number of amides is 1. The van der Waals surface area contributed by atoms with Crippen molar-refractivity contribution in [2.24, 2.45) is 4.99 Å². The zero-order chi connectivity index (χ0) is 18.0. The largest absolute Gasteiger partial charge is 0.418 e. The number of nitrogens with zero attached hydrogens (tertiary/aromatic N) is 1. The predicted octanol–water partition coefficient (Wildman–Crippen LogP) is 5.25. The van der Waals surface area contributed by atoms with Crippen LogP contribution in [0.4, 0.5) is 18.9 Å². The molecule has 3 nitrogen and oxygen atoms in total. The maximum Gasteiger partial charge on any atom is 0.418 e. The Morgan fingerprint density at radius 2 is 1.84 bits per heavy atom. The summed E-state index contributed by atoms with van der Waals surface area (Å²) in [5, 5.41) is 2.52. The van der Waals surface area contributed by atoms with E-state index in [1.54, 1.807) is 6.08 Å². The lowest BCUT2D eigenvalue weighted by molar-refractivity contribution is -0.137. The van der Waals surface area contributed by atoms with Crippen molar-refractivity contribution in [3.8, 4) is 0 Å². The Hall–Kier alpha value is -2.25. The minimum absolute atomic E-state index is 0.0379. The van der Waals surface area contributed by atoms with Crippen molar-refractivity contribution in [3.05, 3.63) is 69.6 Å². The van der Waals surface area contributed by atoms with Crippen molar-refractivity contribution in [3.63, 3.8) is 0 Å². The van der Waals surface area contributed by atoms with E-state index in [1.807, 2.05) is 30.3 Å². The van der Waals surface area contributed by atoms with Crippen LogP contribution in [0.1, 0.15) is 11.1 Å². The molecule has 2 aromatic rings. The van der Waals surface area contributed by atoms with Gasteiger partial charge in [0.05, 0.1) is 16.2 Å². The van der Waals surface area contributed by atoms with E-state index < -0.39 is 17.6 Å². The molecule has 1 aliphatic rings. The van der Waals surface area contributed by atoms with Crippen LogP contribution in [0.3, 0.4) is 0 Å². The van der Waals surface area contributed by atoms with Gasteiger partial charge in [0.2, 0.25) is 0 Å². The minimum Gasteiger partial charge on any atom is -0.300 e. The maximum atomic E-state index is 13.1. The molecule has 1 N–H and O–H groups in total. The van der Waals surface area contributed by atoms with Crippen LogP contribution in [-0.2, 0) is 11.0 Å². The van der Waals surface area contributed by atoms with Gasteiger partial charge in [0.15, 0.2) is 5.17 Å². The number of benzene rings is 2. The van der Waals surface area contributed by atoms with Crippen molar-refractivity contribution in [1.82, 2.24) is 5.32 Å². The molecule has 0 aromatic heterocycles. The summed E-state index contributed by atoms with van der Waals surface area (Å²) < 4.78 is 39.3. The maximum absolute atomic E-state index is 13.1. The van der Waals surface area contributed by atoms with Crippen molar-refractivity contribution in [2.75, 3.05) is 0 Å². The van der Waals surface area contributed by atoms with Gasteiger partial charge in [0.25, 0.3) is 5.91 Å². The van der Waals surface area contributed by atoms with Crippen LogP contribution in [0.25, 0.3) is 6.08 Å². The highest BCUT2D eigenvalue weighted by Crippen LogP contribution is 2.39. The average Bonchev–Trinajstić information content (AvgIpc) is 2.88. The zero-order valence-corrected chi connectivity index (χ0v) is 14.0. The molecule has 1 amide bonds. The monoisotopic (exact) mass is 382 g/mol. The molecule has 2 aromatic carbocycles. The second-order valence-electron chi connectivity index (χ2n) is 5.05. The lowest BCUT2D eigenvalue weighted by Crippen LogP contribution is -2.19. The van der Waals surface area contributed by atoms with Crippen LogP contribution < -0.4 is 5.32 Å². The Morgan fingerprint density at radius 1 is 1.12 bits per heavy atom. The van der Waals surface area contributed by atoms with E-state index in [1.165, 1.54) is 12.1 Å². The van der Waals surface area contributed by atoms with E-state index >= 15 is 0 Å². The number of rotatable bonds is 2. The van der Waals surface area contributed by atoms with Gasteiger partial charge in [-0.15, -0.1) is 0 Å². The van der Waals surface area contributed by atoms with Crippen molar-refractivity contribution >= 4 is 46.2 Å². The fourth-order valence-corrected chi connectivity index (χ4v) is 3.13. The number of alkyl halides is 3. The van der Waals surface area contributed by atoms with Gasteiger partial charge in [0, 0.05) is 5.02 Å². The summed E-state index contributed by atoms with van der Waals surface area (Å²) >= 11 is 6.63.